The number of hydrogen-bond donors (Lipinski definition) is 0. The minimum absolute atomic E-state index is 0.0270. The molecule has 0 aliphatic rings. The molecule has 0 N–H and O–H groups in total. The zero-order valence-corrected chi connectivity index (χ0v) is 10.9. The highest BCUT2D eigenvalue weighted by atomic mass is 32.2. The lowest BCUT2D eigenvalue weighted by Crippen LogP contribution is -1.92. The van der Waals surface area contributed by atoms with Gasteiger partial charge in [0, 0.05) is 12.0 Å². The first kappa shape index (κ1) is 13.1. The second-order valence-corrected chi connectivity index (χ2v) is 5.37. The van der Waals surface area contributed by atoms with Crippen LogP contribution in [-0.2, 0) is 6.42 Å². The monoisotopic (exact) mass is 286 g/mol. The zero-order valence-electron chi connectivity index (χ0n) is 9.31. The second kappa shape index (κ2) is 5.53. The molecule has 0 aliphatic carbocycles. The highest BCUT2D eigenvalue weighted by Gasteiger charge is 2.15. The van der Waals surface area contributed by atoms with Crippen molar-refractivity contribution < 1.29 is 13.6 Å². The van der Waals surface area contributed by atoms with Gasteiger partial charge in [0.05, 0.1) is 4.90 Å². The van der Waals surface area contributed by atoms with Crippen LogP contribution < -0.4 is 0 Å². The number of hydrogen-bond acceptors (Lipinski definition) is 5. The number of carbonyl (C=O) groups excluding carboxylic acids is 1. The van der Waals surface area contributed by atoms with E-state index in [-0.39, 0.29) is 10.5 Å². The number of aldehydes is 1. The Morgan fingerprint density at radius 1 is 1.39 bits per heavy atom. The lowest BCUT2D eigenvalue weighted by atomic mass is 10.2. The number of aromatic nitrogens is 2. The molecule has 0 fully saturated rings. The van der Waals surface area contributed by atoms with E-state index in [0.29, 0.717) is 22.9 Å². The van der Waals surface area contributed by atoms with Gasteiger partial charge >= 0.3 is 0 Å². The summed E-state index contributed by atoms with van der Waals surface area (Å²) in [5, 5.41) is 0. The molecule has 1 heterocycles. The van der Waals surface area contributed by atoms with E-state index in [1.54, 1.807) is 0 Å². The fourth-order valence-electron chi connectivity index (χ4n) is 1.26. The summed E-state index contributed by atoms with van der Waals surface area (Å²) in [6, 6.07) is 2.00. The van der Waals surface area contributed by atoms with Gasteiger partial charge in [0.25, 0.3) is 0 Å². The van der Waals surface area contributed by atoms with Gasteiger partial charge in [0.1, 0.15) is 23.7 Å². The van der Waals surface area contributed by atoms with E-state index < -0.39 is 11.6 Å². The third kappa shape index (κ3) is 2.73. The molecule has 0 saturated heterocycles. The molecular weight excluding hydrogens is 278 g/mol. The fraction of sp³-hybridized carbons (Fsp3) is 0.182. The van der Waals surface area contributed by atoms with Gasteiger partial charge in [0.15, 0.2) is 4.34 Å². The van der Waals surface area contributed by atoms with Crippen molar-refractivity contribution in [2.24, 2.45) is 0 Å². The lowest BCUT2D eigenvalue weighted by molar-refractivity contribution is 0.112. The molecule has 1 aromatic heterocycles. The third-order valence-electron chi connectivity index (χ3n) is 2.11. The van der Waals surface area contributed by atoms with Gasteiger partial charge in [-0.2, -0.15) is 4.37 Å². The zero-order chi connectivity index (χ0) is 13.1. The number of aryl methyl sites for hydroxylation is 1. The molecule has 7 heteroatoms. The Morgan fingerprint density at radius 2 is 2.06 bits per heavy atom. The molecule has 3 nitrogen and oxygen atoms in total. The molecule has 0 bridgehead atoms. The summed E-state index contributed by atoms with van der Waals surface area (Å²) in [5.41, 5.74) is -0.0270. The number of nitrogens with zero attached hydrogens (tertiary/aromatic N) is 2. The Bertz CT molecular complexity index is 563. The third-order valence-corrected chi connectivity index (χ3v) is 3.99. The van der Waals surface area contributed by atoms with E-state index in [4.69, 9.17) is 0 Å². The van der Waals surface area contributed by atoms with Crippen LogP contribution in [0.5, 0.6) is 0 Å². The summed E-state index contributed by atoms with van der Waals surface area (Å²) in [5.74, 6) is -0.890. The molecule has 0 atom stereocenters. The summed E-state index contributed by atoms with van der Waals surface area (Å²) in [4.78, 5) is 14.4. The van der Waals surface area contributed by atoms with Gasteiger partial charge in [-0.05, 0) is 23.7 Å². The molecule has 1 aromatic carbocycles. The predicted molar refractivity (Wildman–Crippen MR) is 65.2 cm³/mol. The summed E-state index contributed by atoms with van der Waals surface area (Å²) in [6.07, 6.45) is 1.08. The quantitative estimate of drug-likeness (QED) is 0.808. The second-order valence-electron chi connectivity index (χ2n) is 3.36. The maximum absolute atomic E-state index is 13.6. The average Bonchev–Trinajstić information content (AvgIpc) is 2.81. The van der Waals surface area contributed by atoms with Crippen LogP contribution >= 0.6 is 23.3 Å². The first-order valence-electron chi connectivity index (χ1n) is 5.08. The van der Waals surface area contributed by atoms with Gasteiger partial charge in [-0.15, -0.1) is 0 Å². The van der Waals surface area contributed by atoms with Crippen molar-refractivity contribution in [3.8, 4) is 0 Å². The number of rotatable bonds is 4. The lowest BCUT2D eigenvalue weighted by Gasteiger charge is -2.02. The number of carbonyl (C=O) groups is 1. The molecular formula is C11H8F2N2OS2. The average molecular weight is 286 g/mol. The smallest absolute Gasteiger partial charge is 0.175 e. The van der Waals surface area contributed by atoms with E-state index in [9.17, 15) is 13.6 Å². The molecule has 0 radical (unpaired) electrons. The highest BCUT2D eigenvalue weighted by molar-refractivity contribution is 8.01. The van der Waals surface area contributed by atoms with Crippen LogP contribution in [0.1, 0.15) is 23.1 Å². The number of benzene rings is 1. The Morgan fingerprint density at radius 3 is 2.56 bits per heavy atom. The van der Waals surface area contributed by atoms with Gasteiger partial charge in [-0.25, -0.2) is 13.8 Å². The van der Waals surface area contributed by atoms with Crippen LogP contribution in [0.25, 0.3) is 0 Å². The van der Waals surface area contributed by atoms with Gasteiger partial charge in [0.2, 0.25) is 0 Å². The van der Waals surface area contributed by atoms with Crippen molar-refractivity contribution in [2.45, 2.75) is 22.6 Å². The van der Waals surface area contributed by atoms with Gasteiger partial charge in [-0.3, -0.25) is 4.79 Å². The minimum Gasteiger partial charge on any atom is -0.298 e. The molecule has 0 aliphatic heterocycles. The van der Waals surface area contributed by atoms with Gasteiger partial charge < -0.3 is 0 Å². The van der Waals surface area contributed by atoms with E-state index in [1.807, 2.05) is 6.92 Å². The van der Waals surface area contributed by atoms with Gasteiger partial charge in [-0.1, -0.05) is 18.7 Å². The van der Waals surface area contributed by atoms with Crippen LogP contribution in [0.4, 0.5) is 8.78 Å². The normalized spacial score (nSPS) is 10.6. The van der Waals surface area contributed by atoms with E-state index in [2.05, 4.69) is 9.36 Å². The highest BCUT2D eigenvalue weighted by Crippen LogP contribution is 2.33. The van der Waals surface area contributed by atoms with E-state index >= 15 is 0 Å². The Kier molecular flexibility index (Phi) is 4.03. The van der Waals surface area contributed by atoms with Crippen LogP contribution in [0, 0.1) is 11.6 Å². The molecule has 94 valence electrons. The van der Waals surface area contributed by atoms with Crippen molar-refractivity contribution in [3.05, 3.63) is 35.2 Å². The molecule has 0 spiro atoms. The van der Waals surface area contributed by atoms with Crippen molar-refractivity contribution in [1.29, 1.82) is 0 Å². The summed E-state index contributed by atoms with van der Waals surface area (Å²) < 4.78 is 31.7. The fourth-order valence-corrected chi connectivity index (χ4v) is 2.90. The minimum atomic E-state index is -0.768. The molecule has 0 saturated carbocycles. The molecule has 2 aromatic rings. The molecule has 0 unspecified atom stereocenters. The van der Waals surface area contributed by atoms with Crippen LogP contribution in [0.2, 0.25) is 0 Å². The SMILES string of the molecule is CCc1nsc(Sc2c(F)cc(C=O)cc2F)n1. The largest absolute Gasteiger partial charge is 0.298 e. The Labute approximate surface area is 110 Å². The Hall–Kier alpha value is -1.34. The first-order chi connectivity index (χ1) is 8.63. The number of halogens is 2. The predicted octanol–water partition coefficient (Wildman–Crippen LogP) is 3.34. The van der Waals surface area contributed by atoms with E-state index in [0.717, 1.165) is 35.4 Å². The molecule has 0 amide bonds. The van der Waals surface area contributed by atoms with Crippen LogP contribution in [0.3, 0.4) is 0 Å². The van der Waals surface area contributed by atoms with E-state index in [1.165, 1.54) is 0 Å². The summed E-state index contributed by atoms with van der Waals surface area (Å²) in [6.45, 7) is 1.90. The van der Waals surface area contributed by atoms with Crippen molar-refractivity contribution >= 4 is 29.6 Å². The van der Waals surface area contributed by atoms with Crippen molar-refractivity contribution in [2.75, 3.05) is 0 Å². The summed E-state index contributed by atoms with van der Waals surface area (Å²) >= 11 is 1.97. The molecule has 2 rings (SSSR count). The maximum Gasteiger partial charge on any atom is 0.175 e. The van der Waals surface area contributed by atoms with Crippen LogP contribution in [-0.4, -0.2) is 15.6 Å². The Balaban J connectivity index is 2.31. The standard InChI is InChI=1S/C11H8F2N2OS2/c1-2-9-14-11(18-15-9)17-10-7(12)3-6(5-16)4-8(10)13/h3-5H,2H2,1H3. The van der Waals surface area contributed by atoms with Crippen molar-refractivity contribution in [1.82, 2.24) is 9.36 Å². The van der Waals surface area contributed by atoms with Crippen LogP contribution in [0.15, 0.2) is 21.4 Å². The molecule has 18 heavy (non-hydrogen) atoms. The first-order valence-corrected chi connectivity index (χ1v) is 6.67. The topological polar surface area (TPSA) is 42.9 Å². The van der Waals surface area contributed by atoms with Crippen molar-refractivity contribution in [3.63, 3.8) is 0 Å². The summed E-state index contributed by atoms with van der Waals surface area (Å²) in [7, 11) is 0. The maximum atomic E-state index is 13.6.